The van der Waals surface area contributed by atoms with Gasteiger partial charge in [-0.25, -0.2) is 8.78 Å². The van der Waals surface area contributed by atoms with E-state index in [2.05, 4.69) is 24.1 Å². The summed E-state index contributed by atoms with van der Waals surface area (Å²) in [5, 5.41) is 13.0. The molecule has 0 amide bonds. The molecule has 4 unspecified atom stereocenters. The summed E-state index contributed by atoms with van der Waals surface area (Å²) < 4.78 is 24.6. The van der Waals surface area contributed by atoms with E-state index in [1.165, 1.54) is 0 Å². The van der Waals surface area contributed by atoms with E-state index in [1.807, 2.05) is 6.92 Å². The quantitative estimate of drug-likeness (QED) is 0.748. The molecule has 2 N–H and O–H groups in total. The SMILES string of the molecule is CCC(O)C1CC(NCC(F)F)CN(C(C)CC)C1. The van der Waals surface area contributed by atoms with Crippen molar-refractivity contribution in [1.29, 1.82) is 0 Å². The summed E-state index contributed by atoms with van der Waals surface area (Å²) in [6, 6.07) is 0.491. The Balaban J connectivity index is 2.60. The smallest absolute Gasteiger partial charge is 0.250 e. The molecular formula is C14H28F2N2O. The van der Waals surface area contributed by atoms with E-state index >= 15 is 0 Å². The van der Waals surface area contributed by atoms with Crippen molar-refractivity contribution >= 4 is 0 Å². The number of hydrogen-bond acceptors (Lipinski definition) is 3. The number of aliphatic hydroxyl groups excluding tert-OH is 1. The Labute approximate surface area is 115 Å². The summed E-state index contributed by atoms with van der Waals surface area (Å²) in [7, 11) is 0. The van der Waals surface area contributed by atoms with Crippen LogP contribution in [0, 0.1) is 5.92 Å². The summed E-state index contributed by atoms with van der Waals surface area (Å²) in [5.41, 5.74) is 0. The molecule has 0 aromatic carbocycles. The molecule has 0 aromatic heterocycles. The van der Waals surface area contributed by atoms with Crippen molar-refractivity contribution in [2.24, 2.45) is 5.92 Å². The molecule has 114 valence electrons. The number of piperidine rings is 1. The third kappa shape index (κ3) is 5.32. The first-order valence-corrected chi connectivity index (χ1v) is 7.41. The Bertz CT molecular complexity index is 236. The highest BCUT2D eigenvalue weighted by atomic mass is 19.3. The number of aliphatic hydroxyl groups is 1. The average molecular weight is 278 g/mol. The standard InChI is InChI=1S/C14H28F2N2O/c1-4-10(3)18-8-11(13(19)5-2)6-12(9-18)17-7-14(15)16/h10-14,17,19H,4-9H2,1-3H3. The maximum absolute atomic E-state index is 12.3. The molecule has 0 saturated carbocycles. The van der Waals surface area contributed by atoms with Gasteiger partial charge in [0, 0.05) is 25.2 Å². The van der Waals surface area contributed by atoms with Gasteiger partial charge < -0.3 is 10.4 Å². The van der Waals surface area contributed by atoms with Gasteiger partial charge in [0.05, 0.1) is 12.6 Å². The Morgan fingerprint density at radius 2 is 1.95 bits per heavy atom. The zero-order chi connectivity index (χ0) is 14.4. The van der Waals surface area contributed by atoms with Crippen molar-refractivity contribution in [3.8, 4) is 0 Å². The molecule has 3 nitrogen and oxygen atoms in total. The zero-order valence-corrected chi connectivity index (χ0v) is 12.3. The van der Waals surface area contributed by atoms with E-state index in [-0.39, 0.29) is 24.6 Å². The van der Waals surface area contributed by atoms with Gasteiger partial charge in [-0.15, -0.1) is 0 Å². The van der Waals surface area contributed by atoms with Gasteiger partial charge in [0.1, 0.15) is 0 Å². The molecule has 0 aliphatic carbocycles. The van der Waals surface area contributed by atoms with E-state index in [1.54, 1.807) is 0 Å². The van der Waals surface area contributed by atoms with Gasteiger partial charge in [-0.1, -0.05) is 13.8 Å². The molecular weight excluding hydrogens is 250 g/mol. The highest BCUT2D eigenvalue weighted by Gasteiger charge is 2.32. The largest absolute Gasteiger partial charge is 0.393 e. The van der Waals surface area contributed by atoms with Gasteiger partial charge in [-0.05, 0) is 32.1 Å². The van der Waals surface area contributed by atoms with E-state index in [4.69, 9.17) is 0 Å². The van der Waals surface area contributed by atoms with Gasteiger partial charge in [0.25, 0.3) is 6.43 Å². The minimum atomic E-state index is -2.31. The van der Waals surface area contributed by atoms with Crippen molar-refractivity contribution in [2.45, 2.75) is 64.6 Å². The predicted molar refractivity (Wildman–Crippen MR) is 73.5 cm³/mol. The van der Waals surface area contributed by atoms with Crippen LogP contribution in [0.25, 0.3) is 0 Å². The first-order valence-electron chi connectivity index (χ1n) is 7.41. The van der Waals surface area contributed by atoms with E-state index < -0.39 is 6.43 Å². The summed E-state index contributed by atoms with van der Waals surface area (Å²) in [4.78, 5) is 2.32. The number of halogens is 2. The van der Waals surface area contributed by atoms with Crippen LogP contribution in [0.15, 0.2) is 0 Å². The lowest BCUT2D eigenvalue weighted by Crippen LogP contribution is -2.54. The molecule has 5 heteroatoms. The van der Waals surface area contributed by atoms with Gasteiger partial charge >= 0.3 is 0 Å². The molecule has 1 aliphatic heterocycles. The Morgan fingerprint density at radius 3 is 2.47 bits per heavy atom. The predicted octanol–water partition coefficient (Wildman–Crippen LogP) is 2.10. The van der Waals surface area contributed by atoms with Crippen LogP contribution in [0.3, 0.4) is 0 Å². The Hall–Kier alpha value is -0.260. The molecule has 1 saturated heterocycles. The van der Waals surface area contributed by atoms with Crippen molar-refractivity contribution in [2.75, 3.05) is 19.6 Å². The third-order valence-corrected chi connectivity index (χ3v) is 4.25. The van der Waals surface area contributed by atoms with Crippen molar-refractivity contribution in [3.05, 3.63) is 0 Å². The third-order valence-electron chi connectivity index (χ3n) is 4.25. The van der Waals surface area contributed by atoms with Gasteiger partial charge in [0.2, 0.25) is 0 Å². The summed E-state index contributed by atoms with van der Waals surface area (Å²) >= 11 is 0. The van der Waals surface area contributed by atoms with Gasteiger partial charge in [-0.2, -0.15) is 0 Å². The lowest BCUT2D eigenvalue weighted by molar-refractivity contribution is 0.0180. The normalized spacial score (nSPS) is 28.6. The van der Waals surface area contributed by atoms with E-state index in [9.17, 15) is 13.9 Å². The summed E-state index contributed by atoms with van der Waals surface area (Å²) in [6.07, 6.45) is -0.0950. The average Bonchev–Trinajstić information content (AvgIpc) is 2.42. The van der Waals surface area contributed by atoms with Crippen LogP contribution in [-0.4, -0.2) is 54.3 Å². The summed E-state index contributed by atoms with van der Waals surface area (Å²) in [6.45, 7) is 7.67. The number of hydrogen-bond donors (Lipinski definition) is 2. The van der Waals surface area contributed by atoms with Crippen LogP contribution in [0.1, 0.15) is 40.0 Å². The van der Waals surface area contributed by atoms with E-state index in [0.717, 1.165) is 32.4 Å². The molecule has 4 atom stereocenters. The Kier molecular flexibility index (Phi) is 7.18. The molecule has 0 spiro atoms. The van der Waals surface area contributed by atoms with Crippen molar-refractivity contribution in [3.63, 3.8) is 0 Å². The molecule has 0 aromatic rings. The second-order valence-corrected chi connectivity index (χ2v) is 5.68. The first kappa shape index (κ1) is 16.8. The number of alkyl halides is 2. The fourth-order valence-corrected chi connectivity index (χ4v) is 2.81. The fourth-order valence-electron chi connectivity index (χ4n) is 2.81. The molecule has 1 fully saturated rings. The molecule has 1 heterocycles. The lowest BCUT2D eigenvalue weighted by atomic mass is 9.87. The number of nitrogens with one attached hydrogen (secondary N) is 1. The highest BCUT2D eigenvalue weighted by Crippen LogP contribution is 2.24. The van der Waals surface area contributed by atoms with Crippen LogP contribution in [0.4, 0.5) is 8.78 Å². The number of rotatable bonds is 7. The number of nitrogens with zero attached hydrogens (tertiary/aromatic N) is 1. The first-order chi connectivity index (χ1) is 8.97. The minimum Gasteiger partial charge on any atom is -0.393 e. The van der Waals surface area contributed by atoms with Crippen LogP contribution < -0.4 is 5.32 Å². The van der Waals surface area contributed by atoms with Crippen LogP contribution >= 0.6 is 0 Å². The molecule has 1 aliphatic rings. The summed E-state index contributed by atoms with van der Waals surface area (Å²) in [5.74, 6) is 0.183. The fraction of sp³-hybridized carbons (Fsp3) is 1.00. The lowest BCUT2D eigenvalue weighted by Gasteiger charge is -2.42. The second-order valence-electron chi connectivity index (χ2n) is 5.68. The van der Waals surface area contributed by atoms with Crippen molar-refractivity contribution < 1.29 is 13.9 Å². The maximum atomic E-state index is 12.3. The van der Waals surface area contributed by atoms with Crippen LogP contribution in [0.5, 0.6) is 0 Å². The monoisotopic (exact) mass is 278 g/mol. The molecule has 1 rings (SSSR count). The van der Waals surface area contributed by atoms with Crippen LogP contribution in [-0.2, 0) is 0 Å². The van der Waals surface area contributed by atoms with Gasteiger partial charge in [0.15, 0.2) is 0 Å². The van der Waals surface area contributed by atoms with E-state index in [0.29, 0.717) is 6.04 Å². The molecule has 0 bridgehead atoms. The van der Waals surface area contributed by atoms with Crippen molar-refractivity contribution in [1.82, 2.24) is 10.2 Å². The molecule has 19 heavy (non-hydrogen) atoms. The number of likely N-dealkylation sites (tertiary alicyclic amines) is 1. The Morgan fingerprint density at radius 1 is 1.26 bits per heavy atom. The zero-order valence-electron chi connectivity index (χ0n) is 12.3. The highest BCUT2D eigenvalue weighted by molar-refractivity contribution is 4.88. The maximum Gasteiger partial charge on any atom is 0.250 e. The topological polar surface area (TPSA) is 35.5 Å². The van der Waals surface area contributed by atoms with Gasteiger partial charge in [-0.3, -0.25) is 4.90 Å². The van der Waals surface area contributed by atoms with Crippen LogP contribution in [0.2, 0.25) is 0 Å². The molecule has 0 radical (unpaired) electrons. The second kappa shape index (κ2) is 8.12. The minimum absolute atomic E-state index is 0.0583.